The molecule has 2 aromatic carbocycles. The Morgan fingerprint density at radius 3 is 1.62 bits per heavy atom. The van der Waals surface area contributed by atoms with Gasteiger partial charge in [0.15, 0.2) is 0 Å². The molecule has 0 aliphatic rings. The van der Waals surface area contributed by atoms with Crippen molar-refractivity contribution in [1.29, 1.82) is 0 Å². The first-order valence-electron chi connectivity index (χ1n) is 10.3. The Hall–Kier alpha value is -1.41. The second-order valence-electron chi connectivity index (χ2n) is 7.17. The minimum absolute atomic E-state index is 0.321. The number of benzene rings is 2. The van der Waals surface area contributed by atoms with E-state index in [2.05, 4.69) is 31.2 Å². The van der Waals surface area contributed by atoms with Gasteiger partial charge in [-0.25, -0.2) is 0 Å². The summed E-state index contributed by atoms with van der Waals surface area (Å²) in [5, 5.41) is 9.34. The number of phenolic OH excluding ortho intramolecular Hbond substituents is 1. The number of rotatable bonds is 13. The van der Waals surface area contributed by atoms with Crippen LogP contribution in [-0.4, -0.2) is 5.11 Å². The molecule has 2 rings (SSSR count). The highest BCUT2D eigenvalue weighted by atomic mass is 32.2. The monoisotopic (exact) mass is 370 g/mol. The summed E-state index contributed by atoms with van der Waals surface area (Å²) in [7, 11) is 0. The highest BCUT2D eigenvalue weighted by Crippen LogP contribution is 2.29. The molecule has 26 heavy (non-hydrogen) atoms. The Bertz CT molecular complexity index is 589. The molecule has 0 radical (unpaired) electrons. The van der Waals surface area contributed by atoms with Crippen LogP contribution in [0.5, 0.6) is 5.75 Å². The van der Waals surface area contributed by atoms with Crippen molar-refractivity contribution in [1.82, 2.24) is 0 Å². The molecule has 0 unspecified atom stereocenters. The van der Waals surface area contributed by atoms with E-state index in [0.29, 0.717) is 5.75 Å². The van der Waals surface area contributed by atoms with Crippen LogP contribution in [0.2, 0.25) is 0 Å². The number of unbranched alkanes of at least 4 members (excludes halogenated alkanes) is 9. The fourth-order valence-corrected chi connectivity index (χ4v) is 4.01. The van der Waals surface area contributed by atoms with Crippen molar-refractivity contribution in [2.24, 2.45) is 0 Å². The first-order valence-corrected chi connectivity index (χ1v) is 11.2. The molecule has 142 valence electrons. The predicted molar refractivity (Wildman–Crippen MR) is 114 cm³/mol. The molecule has 1 nitrogen and oxygen atoms in total. The zero-order valence-electron chi connectivity index (χ0n) is 16.3. The topological polar surface area (TPSA) is 20.2 Å². The first kappa shape index (κ1) is 20.9. The van der Waals surface area contributed by atoms with E-state index in [1.807, 2.05) is 12.1 Å². The predicted octanol–water partition coefficient (Wildman–Crippen LogP) is 8.01. The molecule has 0 saturated carbocycles. The first-order chi connectivity index (χ1) is 12.8. The average molecular weight is 371 g/mol. The minimum atomic E-state index is 0.321. The number of phenols is 1. The Kier molecular flexibility index (Phi) is 10.3. The lowest BCUT2D eigenvalue weighted by Crippen LogP contribution is -1.87. The molecule has 0 fully saturated rings. The van der Waals surface area contributed by atoms with Crippen molar-refractivity contribution in [3.8, 4) is 5.75 Å². The Morgan fingerprint density at radius 1 is 0.615 bits per heavy atom. The minimum Gasteiger partial charge on any atom is -0.508 e. The lowest BCUT2D eigenvalue weighted by molar-refractivity contribution is 0.475. The molecule has 2 heteroatoms. The van der Waals surface area contributed by atoms with E-state index in [1.54, 1.807) is 23.9 Å². The summed E-state index contributed by atoms with van der Waals surface area (Å²) in [6.07, 6.45) is 15.1. The smallest absolute Gasteiger partial charge is 0.115 e. The van der Waals surface area contributed by atoms with Gasteiger partial charge in [0.25, 0.3) is 0 Å². The van der Waals surface area contributed by atoms with Crippen LogP contribution >= 0.6 is 11.8 Å². The highest BCUT2D eigenvalue weighted by Gasteiger charge is 1.99. The number of aromatic hydroxyl groups is 1. The fourth-order valence-electron chi connectivity index (χ4n) is 3.19. The zero-order chi connectivity index (χ0) is 18.5. The van der Waals surface area contributed by atoms with Gasteiger partial charge in [-0.1, -0.05) is 88.6 Å². The van der Waals surface area contributed by atoms with Crippen LogP contribution in [-0.2, 0) is 6.42 Å². The second-order valence-corrected chi connectivity index (χ2v) is 8.32. The third-order valence-corrected chi connectivity index (χ3v) is 5.83. The lowest BCUT2D eigenvalue weighted by atomic mass is 10.0. The molecule has 0 saturated heterocycles. The second kappa shape index (κ2) is 12.9. The van der Waals surface area contributed by atoms with E-state index in [0.717, 1.165) is 4.90 Å². The average Bonchev–Trinajstić information content (AvgIpc) is 2.66. The molecule has 1 N–H and O–H groups in total. The Labute approximate surface area is 164 Å². The van der Waals surface area contributed by atoms with Crippen LogP contribution in [0.1, 0.15) is 76.7 Å². The quantitative estimate of drug-likeness (QED) is 0.360. The van der Waals surface area contributed by atoms with Crippen LogP contribution in [0.3, 0.4) is 0 Å². The van der Waals surface area contributed by atoms with E-state index in [1.165, 1.54) is 81.1 Å². The maximum absolute atomic E-state index is 9.34. The molecular formula is C24H34OS. The summed E-state index contributed by atoms with van der Waals surface area (Å²) in [6.45, 7) is 2.28. The van der Waals surface area contributed by atoms with E-state index in [4.69, 9.17) is 0 Å². The molecule has 0 aromatic heterocycles. The summed E-state index contributed by atoms with van der Waals surface area (Å²) < 4.78 is 0. The maximum Gasteiger partial charge on any atom is 0.115 e. The number of hydrogen-bond acceptors (Lipinski definition) is 2. The maximum atomic E-state index is 9.34. The van der Waals surface area contributed by atoms with Gasteiger partial charge in [0.05, 0.1) is 0 Å². The summed E-state index contributed by atoms with van der Waals surface area (Å²) in [4.78, 5) is 2.41. The van der Waals surface area contributed by atoms with E-state index < -0.39 is 0 Å². The van der Waals surface area contributed by atoms with Gasteiger partial charge in [-0.15, -0.1) is 0 Å². The van der Waals surface area contributed by atoms with E-state index in [9.17, 15) is 5.11 Å². The number of aryl methyl sites for hydroxylation is 1. The molecule has 2 aromatic rings. The van der Waals surface area contributed by atoms with E-state index in [-0.39, 0.29) is 0 Å². The zero-order valence-corrected chi connectivity index (χ0v) is 17.1. The van der Waals surface area contributed by atoms with Gasteiger partial charge in [-0.05, 0) is 54.8 Å². The molecule has 0 amide bonds. The van der Waals surface area contributed by atoms with Crippen molar-refractivity contribution in [2.45, 2.75) is 87.3 Å². The van der Waals surface area contributed by atoms with Crippen molar-refractivity contribution in [3.63, 3.8) is 0 Å². The largest absolute Gasteiger partial charge is 0.508 e. The molecule has 0 spiro atoms. The summed E-state index contributed by atoms with van der Waals surface area (Å²) in [5.74, 6) is 0.321. The molecule has 0 aliphatic heterocycles. The summed E-state index contributed by atoms with van der Waals surface area (Å²) in [5.41, 5.74) is 1.44. The fraction of sp³-hybridized carbons (Fsp3) is 0.500. The molecular weight excluding hydrogens is 336 g/mol. The molecule has 0 heterocycles. The standard InChI is InChI=1S/C24H34OS/c1-2-3-4-5-6-7-8-9-10-11-12-21-13-17-23(18-14-21)26-24-19-15-22(25)16-20-24/h13-20,25H,2-12H2,1H3. The normalized spacial score (nSPS) is 11.0. The van der Waals surface area contributed by atoms with Gasteiger partial charge in [0.2, 0.25) is 0 Å². The van der Waals surface area contributed by atoms with Crippen molar-refractivity contribution in [2.75, 3.05) is 0 Å². The van der Waals surface area contributed by atoms with Gasteiger partial charge < -0.3 is 5.11 Å². The van der Waals surface area contributed by atoms with Gasteiger partial charge >= 0.3 is 0 Å². The Morgan fingerprint density at radius 2 is 1.08 bits per heavy atom. The summed E-state index contributed by atoms with van der Waals surface area (Å²) in [6, 6.07) is 16.3. The van der Waals surface area contributed by atoms with Gasteiger partial charge in [0, 0.05) is 9.79 Å². The van der Waals surface area contributed by atoms with Crippen molar-refractivity contribution in [3.05, 3.63) is 54.1 Å². The van der Waals surface area contributed by atoms with Gasteiger partial charge in [0.1, 0.15) is 5.75 Å². The van der Waals surface area contributed by atoms with E-state index >= 15 is 0 Å². The van der Waals surface area contributed by atoms with Gasteiger partial charge in [-0.2, -0.15) is 0 Å². The Balaban J connectivity index is 1.55. The van der Waals surface area contributed by atoms with Gasteiger partial charge in [-0.3, -0.25) is 0 Å². The molecule has 0 atom stereocenters. The van der Waals surface area contributed by atoms with Crippen molar-refractivity contribution < 1.29 is 5.11 Å². The highest BCUT2D eigenvalue weighted by molar-refractivity contribution is 7.99. The van der Waals surface area contributed by atoms with Crippen LogP contribution in [0.4, 0.5) is 0 Å². The molecule has 0 bridgehead atoms. The molecule has 0 aliphatic carbocycles. The van der Waals surface area contributed by atoms with Crippen molar-refractivity contribution >= 4 is 11.8 Å². The third kappa shape index (κ3) is 8.80. The van der Waals surface area contributed by atoms with Crippen LogP contribution in [0.15, 0.2) is 58.3 Å². The van der Waals surface area contributed by atoms with Crippen LogP contribution in [0, 0.1) is 0 Å². The summed E-state index contributed by atoms with van der Waals surface area (Å²) >= 11 is 1.74. The van der Waals surface area contributed by atoms with Crippen LogP contribution in [0.25, 0.3) is 0 Å². The van der Waals surface area contributed by atoms with Crippen LogP contribution < -0.4 is 0 Å². The third-order valence-electron chi connectivity index (χ3n) is 4.81. The number of hydrogen-bond donors (Lipinski definition) is 1. The SMILES string of the molecule is CCCCCCCCCCCCc1ccc(Sc2ccc(O)cc2)cc1. The lowest BCUT2D eigenvalue weighted by Gasteiger charge is -2.05.